The molecule has 0 aromatic rings. The maximum atomic E-state index is 13.2. The predicted octanol–water partition coefficient (Wildman–Crippen LogP) is 10.7. The van der Waals surface area contributed by atoms with Crippen molar-refractivity contribution in [3.05, 3.63) is 24.3 Å². The first kappa shape index (κ1) is 50.0. The van der Waals surface area contributed by atoms with Crippen LogP contribution in [0.5, 0.6) is 0 Å². The molecule has 3 atom stereocenters. The number of carbonyl (C=O) groups excluding carboxylic acids is 3. The number of hydrogen-bond donors (Lipinski definition) is 3. The van der Waals surface area contributed by atoms with E-state index in [-0.39, 0.29) is 31.2 Å². The van der Waals surface area contributed by atoms with E-state index < -0.39 is 24.2 Å². The molecule has 0 rings (SSSR count). The zero-order valence-electron chi connectivity index (χ0n) is 33.9. The highest BCUT2D eigenvalue weighted by molar-refractivity contribution is 5.87. The molecule has 0 saturated carbocycles. The summed E-state index contributed by atoms with van der Waals surface area (Å²) in [5, 5.41) is 0. The van der Waals surface area contributed by atoms with Gasteiger partial charge in [-0.2, -0.15) is 0 Å². The Morgan fingerprint density at radius 3 is 1.33 bits per heavy atom. The van der Waals surface area contributed by atoms with E-state index in [1.165, 1.54) is 96.3 Å². The van der Waals surface area contributed by atoms with Crippen molar-refractivity contribution in [1.82, 2.24) is 0 Å². The van der Waals surface area contributed by atoms with E-state index in [9.17, 15) is 14.4 Å². The number of rotatable bonds is 39. The van der Waals surface area contributed by atoms with Crippen molar-refractivity contribution in [2.75, 3.05) is 13.2 Å². The molecule has 0 heterocycles. The van der Waals surface area contributed by atoms with Crippen LogP contribution in [0.15, 0.2) is 24.3 Å². The Hall–Kier alpha value is -2.03. The number of ether oxygens (including phenoxy) is 2. The van der Waals surface area contributed by atoms with Gasteiger partial charge in [0.1, 0.15) is 12.5 Å². The number of Topliss-reactive ketones (excluding diaryl/α,β-unsaturated/α-hetero) is 1. The van der Waals surface area contributed by atoms with E-state index >= 15 is 0 Å². The fraction of sp³-hybridized carbons (Fsp3) is 0.841. The van der Waals surface area contributed by atoms with Crippen molar-refractivity contribution in [2.45, 2.75) is 219 Å². The average molecular weight is 734 g/mol. The summed E-state index contributed by atoms with van der Waals surface area (Å²) >= 11 is 0. The first-order valence-corrected chi connectivity index (χ1v) is 21.8. The third kappa shape index (κ3) is 32.6. The summed E-state index contributed by atoms with van der Waals surface area (Å²) < 4.78 is 10.9. The standard InChI is InChI=1S/C44H83N3O5/c1-3-5-7-9-11-13-15-17-19-21-23-25-27-29-31-35-41(48)51-38-39(43(50)40(46)34-33-37-45)44(47)52-42(49)36-32-30-28-26-24-22-20-18-16-14-12-10-8-6-4-2/h17-20,39-40,44H,3-16,21-38,45-47H2,1-2H3/t39?,40-,44?/m0/s1. The summed E-state index contributed by atoms with van der Waals surface area (Å²) in [6, 6.07) is -0.812. The molecule has 2 unspecified atom stereocenters. The number of esters is 2. The van der Waals surface area contributed by atoms with E-state index in [4.69, 9.17) is 26.7 Å². The lowest BCUT2D eigenvalue weighted by Gasteiger charge is -2.25. The van der Waals surface area contributed by atoms with E-state index in [1.807, 2.05) is 0 Å². The molecule has 0 bridgehead atoms. The van der Waals surface area contributed by atoms with Gasteiger partial charge in [0.05, 0.1) is 6.04 Å². The quantitative estimate of drug-likeness (QED) is 0.0245. The van der Waals surface area contributed by atoms with Crippen LogP contribution in [0, 0.1) is 5.92 Å². The fourth-order valence-electron chi connectivity index (χ4n) is 6.32. The second-order valence-corrected chi connectivity index (χ2v) is 14.9. The van der Waals surface area contributed by atoms with Crippen LogP contribution in [0.1, 0.15) is 206 Å². The van der Waals surface area contributed by atoms with Crippen molar-refractivity contribution >= 4 is 17.7 Å². The first-order chi connectivity index (χ1) is 25.4. The van der Waals surface area contributed by atoms with Crippen molar-refractivity contribution < 1.29 is 23.9 Å². The molecule has 0 aliphatic heterocycles. The fourth-order valence-corrected chi connectivity index (χ4v) is 6.32. The predicted molar refractivity (Wildman–Crippen MR) is 219 cm³/mol. The Labute approximate surface area is 320 Å². The van der Waals surface area contributed by atoms with Crippen molar-refractivity contribution in [1.29, 1.82) is 0 Å². The molecule has 0 aromatic carbocycles. The van der Waals surface area contributed by atoms with Gasteiger partial charge in [0.25, 0.3) is 0 Å². The summed E-state index contributed by atoms with van der Waals surface area (Å²) in [6.07, 6.45) is 40.2. The van der Waals surface area contributed by atoms with Gasteiger partial charge in [-0.15, -0.1) is 0 Å². The number of nitrogens with two attached hydrogens (primary N) is 3. The molecule has 0 amide bonds. The third-order valence-electron chi connectivity index (χ3n) is 9.82. The van der Waals surface area contributed by atoms with E-state index in [0.29, 0.717) is 25.8 Å². The Morgan fingerprint density at radius 1 is 0.519 bits per heavy atom. The van der Waals surface area contributed by atoms with Crippen LogP contribution in [0.25, 0.3) is 0 Å². The van der Waals surface area contributed by atoms with Crippen molar-refractivity contribution in [2.24, 2.45) is 23.1 Å². The SMILES string of the molecule is CCCCCCCCC=CCCCCCCCC(=O)OCC(C(=O)[C@@H](N)CCCN)C(N)OC(=O)CCCCCCCC=CCCCCCCCC. The highest BCUT2D eigenvalue weighted by Gasteiger charge is 2.33. The second-order valence-electron chi connectivity index (χ2n) is 14.9. The summed E-state index contributed by atoms with van der Waals surface area (Å²) in [5.74, 6) is -2.21. The Kier molecular flexibility index (Phi) is 37.2. The highest BCUT2D eigenvalue weighted by Crippen LogP contribution is 2.16. The Morgan fingerprint density at radius 2 is 0.904 bits per heavy atom. The van der Waals surface area contributed by atoms with Gasteiger partial charge in [-0.05, 0) is 83.6 Å². The van der Waals surface area contributed by atoms with Crippen molar-refractivity contribution in [3.8, 4) is 0 Å². The van der Waals surface area contributed by atoms with E-state index in [2.05, 4.69) is 38.2 Å². The largest absolute Gasteiger partial charge is 0.465 e. The zero-order chi connectivity index (χ0) is 38.3. The molecule has 0 aliphatic rings. The van der Waals surface area contributed by atoms with Gasteiger partial charge in [0.15, 0.2) is 12.0 Å². The number of unbranched alkanes of at least 4 members (excludes halogenated alkanes) is 22. The Balaban J connectivity index is 4.28. The minimum absolute atomic E-state index is 0.237. The molecule has 8 heteroatoms. The average Bonchev–Trinajstić information content (AvgIpc) is 3.13. The zero-order valence-corrected chi connectivity index (χ0v) is 33.9. The van der Waals surface area contributed by atoms with Gasteiger partial charge >= 0.3 is 11.9 Å². The van der Waals surface area contributed by atoms with Crippen LogP contribution in [-0.2, 0) is 23.9 Å². The summed E-state index contributed by atoms with van der Waals surface area (Å²) in [6.45, 7) is 4.66. The molecule has 0 aliphatic carbocycles. The molecule has 6 N–H and O–H groups in total. The third-order valence-corrected chi connectivity index (χ3v) is 9.82. The molecule has 304 valence electrons. The normalized spacial score (nSPS) is 13.5. The number of hydrogen-bond acceptors (Lipinski definition) is 8. The molecule has 0 radical (unpaired) electrons. The minimum atomic E-state index is -1.22. The van der Waals surface area contributed by atoms with Crippen LogP contribution >= 0.6 is 0 Å². The lowest BCUT2D eigenvalue weighted by molar-refractivity contribution is -0.158. The maximum Gasteiger partial charge on any atom is 0.307 e. The smallest absolute Gasteiger partial charge is 0.307 e. The highest BCUT2D eigenvalue weighted by atomic mass is 16.6. The minimum Gasteiger partial charge on any atom is -0.465 e. The van der Waals surface area contributed by atoms with Crippen LogP contribution in [-0.4, -0.2) is 43.1 Å². The summed E-state index contributed by atoms with van der Waals surface area (Å²) in [4.78, 5) is 38.3. The van der Waals surface area contributed by atoms with Gasteiger partial charge in [0, 0.05) is 12.8 Å². The summed E-state index contributed by atoms with van der Waals surface area (Å²) in [5.41, 5.74) is 17.9. The van der Waals surface area contributed by atoms with Gasteiger partial charge < -0.3 is 20.9 Å². The molecular weight excluding hydrogens is 650 g/mol. The van der Waals surface area contributed by atoms with Gasteiger partial charge in [-0.3, -0.25) is 20.1 Å². The van der Waals surface area contributed by atoms with Crippen LogP contribution < -0.4 is 17.2 Å². The molecule has 0 aromatic heterocycles. The molecule has 8 nitrogen and oxygen atoms in total. The van der Waals surface area contributed by atoms with Crippen LogP contribution in [0.2, 0.25) is 0 Å². The lowest BCUT2D eigenvalue weighted by Crippen LogP contribution is -2.48. The molecular formula is C44H83N3O5. The van der Waals surface area contributed by atoms with Crippen LogP contribution in [0.4, 0.5) is 0 Å². The van der Waals surface area contributed by atoms with Gasteiger partial charge in [0.2, 0.25) is 0 Å². The van der Waals surface area contributed by atoms with E-state index in [1.54, 1.807) is 0 Å². The first-order valence-electron chi connectivity index (χ1n) is 21.8. The van der Waals surface area contributed by atoms with Gasteiger partial charge in [-0.25, -0.2) is 0 Å². The second kappa shape index (κ2) is 38.7. The van der Waals surface area contributed by atoms with Crippen molar-refractivity contribution in [3.63, 3.8) is 0 Å². The van der Waals surface area contributed by atoms with Crippen LogP contribution in [0.3, 0.4) is 0 Å². The molecule has 0 saturated heterocycles. The maximum absolute atomic E-state index is 13.2. The monoisotopic (exact) mass is 734 g/mol. The number of carbonyl (C=O) groups is 3. The lowest BCUT2D eigenvalue weighted by atomic mass is 9.94. The topological polar surface area (TPSA) is 148 Å². The number of allylic oxidation sites excluding steroid dienone is 4. The molecule has 52 heavy (non-hydrogen) atoms. The van der Waals surface area contributed by atoms with Gasteiger partial charge in [-0.1, -0.05) is 141 Å². The molecule has 0 spiro atoms. The molecule has 0 fully saturated rings. The van der Waals surface area contributed by atoms with E-state index in [0.717, 1.165) is 64.2 Å². The summed E-state index contributed by atoms with van der Waals surface area (Å²) in [7, 11) is 0. The Bertz CT molecular complexity index is 893. The number of ketones is 1.